The number of hydrogen-bond acceptors (Lipinski definition) is 5. The summed E-state index contributed by atoms with van der Waals surface area (Å²) in [6.45, 7) is 3.49. The third-order valence-electron chi connectivity index (χ3n) is 3.41. The minimum absolute atomic E-state index is 0.0246. The first-order chi connectivity index (χ1) is 9.78. The van der Waals surface area contributed by atoms with Gasteiger partial charge in [0.15, 0.2) is 0 Å². The second-order valence-corrected chi connectivity index (χ2v) is 5.79. The molecule has 0 saturated carbocycles. The molecule has 0 fully saturated rings. The number of carbonyl (C=O) groups excluding carboxylic acids is 1. The summed E-state index contributed by atoms with van der Waals surface area (Å²) in [6.07, 6.45) is 0.835. The molecule has 0 saturated heterocycles. The molecule has 5 nitrogen and oxygen atoms in total. The van der Waals surface area contributed by atoms with Crippen LogP contribution in [0.3, 0.4) is 0 Å². The Morgan fingerprint density at radius 1 is 1.45 bits per heavy atom. The molecule has 0 spiro atoms. The summed E-state index contributed by atoms with van der Waals surface area (Å²) in [5.41, 5.74) is 2.29. The number of fused-ring (bicyclic) bond motifs is 1. The molecule has 1 aromatic heterocycles. The summed E-state index contributed by atoms with van der Waals surface area (Å²) < 4.78 is 0. The number of amides is 1. The third-order valence-corrected chi connectivity index (χ3v) is 4.39. The lowest BCUT2D eigenvalue weighted by molar-refractivity contribution is -0.117. The largest absolute Gasteiger partial charge is 0.312 e. The fraction of sp³-hybridized carbons (Fsp3) is 0.357. The zero-order chi connectivity index (χ0) is 13.9. The summed E-state index contributed by atoms with van der Waals surface area (Å²) in [6, 6.07) is 8.06. The number of nitrogens with zero attached hydrogens (tertiary/aromatic N) is 2. The molecule has 104 valence electrons. The van der Waals surface area contributed by atoms with Gasteiger partial charge < -0.3 is 5.32 Å². The number of rotatable bonds is 3. The minimum Gasteiger partial charge on any atom is -0.312 e. The number of carbonyl (C=O) groups is 1. The summed E-state index contributed by atoms with van der Waals surface area (Å²) in [4.78, 5) is 12.4. The van der Waals surface area contributed by atoms with Gasteiger partial charge in [-0.3, -0.25) is 10.1 Å². The van der Waals surface area contributed by atoms with Crippen LogP contribution >= 0.6 is 11.3 Å². The lowest BCUT2D eigenvalue weighted by Gasteiger charge is -2.25. The Labute approximate surface area is 121 Å². The van der Waals surface area contributed by atoms with Crippen LogP contribution < -0.4 is 10.6 Å². The van der Waals surface area contributed by atoms with Crippen molar-refractivity contribution in [3.8, 4) is 0 Å². The molecule has 0 radical (unpaired) electrons. The number of aromatic nitrogens is 2. The maximum atomic E-state index is 12.4. The number of benzene rings is 1. The minimum atomic E-state index is -0.172. The Hall–Kier alpha value is -1.79. The van der Waals surface area contributed by atoms with Crippen LogP contribution in [0.2, 0.25) is 0 Å². The topological polar surface area (TPSA) is 66.9 Å². The molecule has 1 amide bonds. The molecule has 2 aromatic rings. The third kappa shape index (κ3) is 2.57. The highest BCUT2D eigenvalue weighted by atomic mass is 32.1. The van der Waals surface area contributed by atoms with E-state index < -0.39 is 0 Å². The fourth-order valence-corrected chi connectivity index (χ4v) is 3.05. The van der Waals surface area contributed by atoms with Gasteiger partial charge >= 0.3 is 0 Å². The van der Waals surface area contributed by atoms with Gasteiger partial charge in [0, 0.05) is 13.1 Å². The first-order valence-electron chi connectivity index (χ1n) is 6.69. The van der Waals surface area contributed by atoms with Gasteiger partial charge in [0.1, 0.15) is 5.01 Å². The van der Waals surface area contributed by atoms with Crippen LogP contribution in [0.1, 0.15) is 29.0 Å². The van der Waals surface area contributed by atoms with E-state index in [0.29, 0.717) is 11.7 Å². The number of nitrogens with one attached hydrogen (secondary N) is 2. The van der Waals surface area contributed by atoms with Gasteiger partial charge in [-0.25, -0.2) is 0 Å². The van der Waals surface area contributed by atoms with E-state index in [2.05, 4.69) is 26.9 Å². The molecule has 0 bridgehead atoms. The van der Waals surface area contributed by atoms with Crippen molar-refractivity contribution >= 4 is 22.4 Å². The molecule has 6 heteroatoms. The van der Waals surface area contributed by atoms with Gasteiger partial charge in [0.05, 0.1) is 5.92 Å². The zero-order valence-corrected chi connectivity index (χ0v) is 12.0. The van der Waals surface area contributed by atoms with Gasteiger partial charge in [-0.05, 0) is 17.5 Å². The second-order valence-electron chi connectivity index (χ2n) is 4.73. The molecule has 2 N–H and O–H groups in total. The van der Waals surface area contributed by atoms with E-state index in [-0.39, 0.29) is 11.8 Å². The van der Waals surface area contributed by atoms with E-state index in [0.717, 1.165) is 23.5 Å². The van der Waals surface area contributed by atoms with Crippen LogP contribution in [0.15, 0.2) is 24.3 Å². The molecular weight excluding hydrogens is 272 g/mol. The fourth-order valence-electron chi connectivity index (χ4n) is 2.37. The monoisotopic (exact) mass is 288 g/mol. The first kappa shape index (κ1) is 13.2. The maximum absolute atomic E-state index is 12.4. The molecule has 1 aliphatic rings. The zero-order valence-electron chi connectivity index (χ0n) is 11.2. The summed E-state index contributed by atoms with van der Waals surface area (Å²) >= 11 is 1.43. The van der Waals surface area contributed by atoms with Crippen LogP contribution in [0.25, 0.3) is 0 Å². The van der Waals surface area contributed by atoms with Gasteiger partial charge in [0.2, 0.25) is 11.0 Å². The van der Waals surface area contributed by atoms with Crippen LogP contribution in [0.5, 0.6) is 0 Å². The van der Waals surface area contributed by atoms with Crippen molar-refractivity contribution in [2.24, 2.45) is 0 Å². The maximum Gasteiger partial charge on any atom is 0.235 e. The predicted octanol–water partition coefficient (Wildman–Crippen LogP) is 1.93. The Balaban J connectivity index is 1.78. The Morgan fingerprint density at radius 3 is 3.10 bits per heavy atom. The van der Waals surface area contributed by atoms with Crippen LogP contribution in [0.4, 0.5) is 5.13 Å². The Morgan fingerprint density at radius 2 is 2.30 bits per heavy atom. The van der Waals surface area contributed by atoms with Crippen molar-refractivity contribution < 1.29 is 4.79 Å². The Kier molecular flexibility index (Phi) is 3.75. The molecule has 2 heterocycles. The average Bonchev–Trinajstić information content (AvgIpc) is 2.94. The summed E-state index contributed by atoms with van der Waals surface area (Å²) in [5, 5.41) is 15.7. The van der Waals surface area contributed by atoms with Crippen LogP contribution in [0, 0.1) is 0 Å². The number of anilines is 1. The molecule has 1 atom stereocenters. The molecule has 1 aromatic carbocycles. The van der Waals surface area contributed by atoms with Gasteiger partial charge in [-0.15, -0.1) is 10.2 Å². The lowest BCUT2D eigenvalue weighted by atomic mass is 9.90. The van der Waals surface area contributed by atoms with Crippen molar-refractivity contribution in [3.05, 3.63) is 40.4 Å². The molecular formula is C14H16N4OS. The highest BCUT2D eigenvalue weighted by Gasteiger charge is 2.26. The average molecular weight is 288 g/mol. The van der Waals surface area contributed by atoms with Crippen molar-refractivity contribution in [2.45, 2.75) is 25.8 Å². The lowest BCUT2D eigenvalue weighted by Crippen LogP contribution is -2.35. The van der Waals surface area contributed by atoms with Crippen molar-refractivity contribution in [1.82, 2.24) is 15.5 Å². The van der Waals surface area contributed by atoms with Crippen molar-refractivity contribution in [2.75, 3.05) is 11.9 Å². The normalized spacial score (nSPS) is 17.6. The first-order valence-corrected chi connectivity index (χ1v) is 7.51. The number of aryl methyl sites for hydroxylation is 1. The summed E-state index contributed by atoms with van der Waals surface area (Å²) in [5.74, 6) is -0.197. The Bertz CT molecular complexity index is 625. The molecule has 3 rings (SSSR count). The highest BCUT2D eigenvalue weighted by molar-refractivity contribution is 7.15. The molecule has 1 aliphatic heterocycles. The van der Waals surface area contributed by atoms with Crippen molar-refractivity contribution in [3.63, 3.8) is 0 Å². The highest BCUT2D eigenvalue weighted by Crippen LogP contribution is 2.25. The van der Waals surface area contributed by atoms with E-state index in [1.165, 1.54) is 16.9 Å². The van der Waals surface area contributed by atoms with E-state index in [1.807, 2.05) is 25.1 Å². The van der Waals surface area contributed by atoms with Crippen LogP contribution in [-0.2, 0) is 17.8 Å². The second kappa shape index (κ2) is 5.68. The van der Waals surface area contributed by atoms with Gasteiger partial charge in [-0.2, -0.15) is 0 Å². The molecule has 1 unspecified atom stereocenters. The van der Waals surface area contributed by atoms with E-state index >= 15 is 0 Å². The summed E-state index contributed by atoms with van der Waals surface area (Å²) in [7, 11) is 0. The SMILES string of the molecule is CCc1nnc(NC(=O)C2CNCc3ccccc32)s1. The van der Waals surface area contributed by atoms with Gasteiger partial charge in [-0.1, -0.05) is 42.5 Å². The van der Waals surface area contributed by atoms with E-state index in [1.54, 1.807) is 0 Å². The van der Waals surface area contributed by atoms with Crippen LogP contribution in [-0.4, -0.2) is 22.6 Å². The predicted molar refractivity (Wildman–Crippen MR) is 78.8 cm³/mol. The van der Waals surface area contributed by atoms with E-state index in [9.17, 15) is 4.79 Å². The molecule has 0 aliphatic carbocycles. The molecule has 20 heavy (non-hydrogen) atoms. The smallest absolute Gasteiger partial charge is 0.235 e. The van der Waals surface area contributed by atoms with Crippen molar-refractivity contribution in [1.29, 1.82) is 0 Å². The standard InChI is InChI=1S/C14H16N4OS/c1-2-12-17-18-14(20-12)16-13(19)11-8-15-7-9-5-3-4-6-10(9)11/h3-6,11,15H,2,7-8H2,1H3,(H,16,18,19). The van der Waals surface area contributed by atoms with E-state index in [4.69, 9.17) is 0 Å². The number of hydrogen-bond donors (Lipinski definition) is 2. The van der Waals surface area contributed by atoms with Gasteiger partial charge in [0.25, 0.3) is 0 Å². The quantitative estimate of drug-likeness (QED) is 0.905.